The van der Waals surface area contributed by atoms with Crippen molar-refractivity contribution >= 4 is 0 Å². The average Bonchev–Trinajstić information content (AvgIpc) is 0.811. The van der Waals surface area contributed by atoms with Crippen molar-refractivity contribution in [2.24, 2.45) is 0 Å². The maximum absolute atomic E-state index is 8.25. The van der Waals surface area contributed by atoms with Crippen LogP contribution in [0.3, 0.4) is 0 Å². The first-order valence-corrected chi connectivity index (χ1v) is 0.548. The van der Waals surface area contributed by atoms with Gasteiger partial charge in [-0.15, -0.1) is 0 Å². The van der Waals surface area contributed by atoms with E-state index in [-0.39, 0.29) is 22.0 Å². The minimum Gasteiger partial charge on any atom is -0.412 e. The smallest absolute Gasteiger partial charge is 0.0689 e. The molecule has 0 fully saturated rings. The molecule has 0 amide bonds. The maximum atomic E-state index is 8.25. The Bertz CT molecular complexity index is 30.5. The van der Waals surface area contributed by atoms with Crippen LogP contribution in [0, 0.1) is 15.3 Å². The summed E-state index contributed by atoms with van der Waals surface area (Å²) in [4.78, 5) is 8.25. The summed E-state index contributed by atoms with van der Waals surface area (Å²) in [5, 5.41) is 14.8. The quantitative estimate of drug-likeness (QED) is 0.242. The van der Waals surface area contributed by atoms with E-state index in [1.165, 1.54) is 0 Å². The Labute approximate surface area is 43.3 Å². The summed E-state index contributed by atoms with van der Waals surface area (Å²) in [6.45, 7) is 0. The number of hydrogen-bond donors (Lipinski definition) is 0. The van der Waals surface area contributed by atoms with E-state index in [4.69, 9.17) is 15.3 Å². The Morgan fingerprint density at radius 3 is 1.33 bits per heavy atom. The topological polar surface area (TPSA) is 97.7 Å². The van der Waals surface area contributed by atoms with Gasteiger partial charge in [0, 0.05) is 16.5 Å². The van der Waals surface area contributed by atoms with Crippen LogP contribution in [-0.4, -0.2) is 10.6 Å². The molecule has 42 valence electrons. The molecule has 0 aromatic rings. The van der Waals surface area contributed by atoms with Gasteiger partial charge in [-0.05, 0) is 0 Å². The van der Waals surface area contributed by atoms with Crippen LogP contribution in [0.25, 0.3) is 0 Å². The van der Waals surface area contributed by atoms with Gasteiger partial charge in [-0.2, -0.15) is 0 Å². The van der Waals surface area contributed by atoms with E-state index in [2.05, 4.69) is 0 Å². The van der Waals surface area contributed by atoms with Gasteiger partial charge < -0.3 is 20.8 Å². The van der Waals surface area contributed by atoms with E-state index in [1.807, 2.05) is 0 Å². The van der Waals surface area contributed by atoms with E-state index >= 15 is 0 Å². The number of hydrogen-bond acceptors (Lipinski definition) is 3. The van der Waals surface area contributed by atoms with Crippen LogP contribution in [0.1, 0.15) is 0 Å². The van der Waals surface area contributed by atoms with Crippen molar-refractivity contribution in [3.05, 3.63) is 15.3 Å². The zero-order valence-electron chi connectivity index (χ0n) is 2.49. The van der Waals surface area contributed by atoms with Crippen LogP contribution in [0.15, 0.2) is 0 Å². The molecular weight excluding hydrogens is 137 g/mol. The summed E-state index contributed by atoms with van der Waals surface area (Å²) in [5.41, 5.74) is 0. The van der Waals surface area contributed by atoms with Crippen LogP contribution < -0.4 is 0 Å². The fourth-order valence-electron chi connectivity index (χ4n) is 0. The third-order valence-corrected chi connectivity index (χ3v) is 0. The van der Waals surface area contributed by atoms with Gasteiger partial charge in [-0.1, -0.05) is 0 Å². The van der Waals surface area contributed by atoms with Crippen LogP contribution in [0.4, 0.5) is 0 Å². The normalized spacial score (nSPS) is 4.00. The van der Waals surface area contributed by atoms with E-state index in [0.29, 0.717) is 0 Å². The summed E-state index contributed by atoms with van der Waals surface area (Å²) >= 11 is 0. The Kier molecular flexibility index (Phi) is 25.6. The molecule has 0 aromatic heterocycles. The van der Waals surface area contributed by atoms with Crippen LogP contribution >= 0.6 is 0 Å². The predicted octanol–water partition coefficient (Wildman–Crippen LogP) is -1.07. The van der Waals surface area contributed by atoms with Gasteiger partial charge in [0.15, 0.2) is 0 Å². The second kappa shape index (κ2) is 8.82. The first-order valence-electron chi connectivity index (χ1n) is 0.548. The Morgan fingerprint density at radius 1 is 1.33 bits per heavy atom. The molecule has 0 rings (SSSR count). The molecule has 0 radical (unpaired) electrons. The van der Waals surface area contributed by atoms with E-state index in [0.717, 1.165) is 0 Å². The second-order valence-electron chi connectivity index (χ2n) is 0.224. The van der Waals surface area contributed by atoms with Gasteiger partial charge in [0.1, 0.15) is 0 Å². The van der Waals surface area contributed by atoms with Gasteiger partial charge in [-0.25, -0.2) is 0 Å². The summed E-state index contributed by atoms with van der Waals surface area (Å²) in [6, 6.07) is 0. The molecule has 0 aliphatic carbocycles. The SMILES string of the molecule is O.O=[N+]([O-])[O-].[Ni]. The van der Waals surface area contributed by atoms with Gasteiger partial charge in [0.2, 0.25) is 0 Å². The molecule has 6 heteroatoms. The molecule has 0 spiro atoms. The first-order chi connectivity index (χ1) is 1.73. The molecule has 0 saturated carbocycles. The van der Waals surface area contributed by atoms with Crippen molar-refractivity contribution in [2.45, 2.75) is 0 Å². The third kappa shape index (κ3) is 214. The van der Waals surface area contributed by atoms with Crippen molar-refractivity contribution in [3.8, 4) is 0 Å². The van der Waals surface area contributed by atoms with Crippen LogP contribution in [0.2, 0.25) is 0 Å². The molecule has 2 N–H and O–H groups in total. The predicted molar refractivity (Wildman–Crippen MR) is 14.0 cm³/mol. The maximum Gasteiger partial charge on any atom is 0.0689 e. The summed E-state index contributed by atoms with van der Waals surface area (Å²) in [6.07, 6.45) is 0. The molecule has 5 nitrogen and oxygen atoms in total. The van der Waals surface area contributed by atoms with Crippen molar-refractivity contribution in [2.75, 3.05) is 0 Å². The summed E-state index contributed by atoms with van der Waals surface area (Å²) in [7, 11) is 0. The zero-order valence-corrected chi connectivity index (χ0v) is 3.48. The molecule has 0 aliphatic rings. The second-order valence-corrected chi connectivity index (χ2v) is 0.224. The molecular formula is H2NNiO4-. The molecule has 0 unspecified atom stereocenters. The number of nitrogens with zero attached hydrogens (tertiary/aromatic N) is 1. The third-order valence-electron chi connectivity index (χ3n) is 0. The van der Waals surface area contributed by atoms with Crippen molar-refractivity contribution in [1.29, 1.82) is 0 Å². The van der Waals surface area contributed by atoms with Crippen molar-refractivity contribution < 1.29 is 27.1 Å². The molecule has 0 atom stereocenters. The fraction of sp³-hybridized carbons (Fsp3) is 0. The largest absolute Gasteiger partial charge is 0.412 e. The monoisotopic (exact) mass is 138 g/mol. The molecule has 0 bridgehead atoms. The van der Waals surface area contributed by atoms with Crippen LogP contribution in [0.5, 0.6) is 0 Å². The van der Waals surface area contributed by atoms with Gasteiger partial charge in [-0.3, -0.25) is 0 Å². The summed E-state index contributed by atoms with van der Waals surface area (Å²) in [5.74, 6) is 0. The zero-order chi connectivity index (χ0) is 3.58. The van der Waals surface area contributed by atoms with Gasteiger partial charge in [0.05, 0.1) is 5.09 Å². The molecule has 0 heterocycles. The standard InChI is InChI=1S/NO3.Ni.H2O/c2-1(3)4;;/h;;1H2/q-1;;. The van der Waals surface area contributed by atoms with E-state index in [9.17, 15) is 0 Å². The molecule has 0 aromatic carbocycles. The molecule has 6 heavy (non-hydrogen) atoms. The minimum absolute atomic E-state index is 0. The minimum atomic E-state index is -1.75. The van der Waals surface area contributed by atoms with E-state index in [1.54, 1.807) is 0 Å². The Morgan fingerprint density at radius 2 is 1.33 bits per heavy atom. The van der Waals surface area contributed by atoms with Gasteiger partial charge in [0.25, 0.3) is 0 Å². The van der Waals surface area contributed by atoms with E-state index < -0.39 is 5.09 Å². The average molecular weight is 139 g/mol. The Hall–Kier alpha value is -0.346. The van der Waals surface area contributed by atoms with Crippen molar-refractivity contribution in [1.82, 2.24) is 0 Å². The molecule has 0 aliphatic heterocycles. The number of rotatable bonds is 0. The van der Waals surface area contributed by atoms with Crippen molar-refractivity contribution in [3.63, 3.8) is 0 Å². The first kappa shape index (κ1) is 17.4. The Balaban J connectivity index is -0.0000000450. The molecule has 0 saturated heterocycles. The summed E-state index contributed by atoms with van der Waals surface area (Å²) < 4.78 is 0. The van der Waals surface area contributed by atoms with Gasteiger partial charge >= 0.3 is 0 Å². The van der Waals surface area contributed by atoms with Crippen LogP contribution in [-0.2, 0) is 16.5 Å². The fourth-order valence-corrected chi connectivity index (χ4v) is 0.